The predicted octanol–water partition coefficient (Wildman–Crippen LogP) is 2.48. The molecule has 1 atom stereocenters. The summed E-state index contributed by atoms with van der Waals surface area (Å²) in [5.74, 6) is 1.11. The Balaban J connectivity index is 1.60. The van der Waals surface area contributed by atoms with Gasteiger partial charge in [0.2, 0.25) is 11.8 Å². The molecule has 27 heavy (non-hydrogen) atoms. The van der Waals surface area contributed by atoms with Gasteiger partial charge in [-0.05, 0) is 36.8 Å². The zero-order valence-electron chi connectivity index (χ0n) is 15.8. The number of aryl methyl sites for hydroxylation is 1. The van der Waals surface area contributed by atoms with Crippen LogP contribution in [0, 0.1) is 6.92 Å². The fourth-order valence-electron chi connectivity index (χ4n) is 3.23. The van der Waals surface area contributed by atoms with Crippen molar-refractivity contribution in [2.75, 3.05) is 25.7 Å². The number of methoxy groups -OCH3 is 2. The molecule has 1 fully saturated rings. The third-order valence-electron chi connectivity index (χ3n) is 4.65. The van der Waals surface area contributed by atoms with Crippen molar-refractivity contribution in [2.45, 2.75) is 25.8 Å². The van der Waals surface area contributed by atoms with Crippen molar-refractivity contribution in [3.63, 3.8) is 0 Å². The van der Waals surface area contributed by atoms with E-state index in [2.05, 4.69) is 5.32 Å². The van der Waals surface area contributed by atoms with Crippen LogP contribution in [0.4, 0.5) is 5.69 Å². The molecule has 0 spiro atoms. The Morgan fingerprint density at radius 1 is 1.11 bits per heavy atom. The summed E-state index contributed by atoms with van der Waals surface area (Å²) in [4.78, 5) is 26.4. The molecule has 6 nitrogen and oxygen atoms in total. The Hall–Kier alpha value is -3.02. The van der Waals surface area contributed by atoms with Gasteiger partial charge in [0.25, 0.3) is 0 Å². The molecular formula is C21H24N2O4. The molecule has 1 heterocycles. The normalized spacial score (nSPS) is 16.3. The first-order valence-electron chi connectivity index (χ1n) is 8.87. The quantitative estimate of drug-likeness (QED) is 0.851. The van der Waals surface area contributed by atoms with Crippen molar-refractivity contribution in [3.05, 3.63) is 53.6 Å². The van der Waals surface area contributed by atoms with Crippen LogP contribution in [0.15, 0.2) is 42.5 Å². The maximum absolute atomic E-state index is 12.4. The number of nitrogens with zero attached hydrogens (tertiary/aromatic N) is 1. The van der Waals surface area contributed by atoms with Crippen LogP contribution in [-0.2, 0) is 16.0 Å². The van der Waals surface area contributed by atoms with Gasteiger partial charge in [0, 0.05) is 18.7 Å². The smallest absolute Gasteiger partial charge is 0.229 e. The molecule has 1 N–H and O–H groups in total. The summed E-state index contributed by atoms with van der Waals surface area (Å²) < 4.78 is 10.5. The fourth-order valence-corrected chi connectivity index (χ4v) is 3.23. The molecule has 6 heteroatoms. The fraction of sp³-hybridized carbons (Fsp3) is 0.333. The number of carbonyl (C=O) groups excluding carboxylic acids is 2. The number of hydrogen-bond acceptors (Lipinski definition) is 4. The molecule has 1 saturated heterocycles. The van der Waals surface area contributed by atoms with Gasteiger partial charge >= 0.3 is 0 Å². The molecular weight excluding hydrogens is 344 g/mol. The number of carbonyl (C=O) groups is 2. The second-order valence-corrected chi connectivity index (χ2v) is 6.67. The van der Waals surface area contributed by atoms with Gasteiger partial charge in [-0.1, -0.05) is 23.8 Å². The monoisotopic (exact) mass is 368 g/mol. The maximum Gasteiger partial charge on any atom is 0.229 e. The van der Waals surface area contributed by atoms with E-state index >= 15 is 0 Å². The van der Waals surface area contributed by atoms with Crippen LogP contribution in [0.1, 0.15) is 17.5 Å². The molecule has 2 aromatic rings. The van der Waals surface area contributed by atoms with Crippen molar-refractivity contribution >= 4 is 17.5 Å². The van der Waals surface area contributed by atoms with E-state index in [0.717, 1.165) is 16.8 Å². The topological polar surface area (TPSA) is 67.9 Å². The molecule has 1 aliphatic heterocycles. The highest BCUT2D eigenvalue weighted by atomic mass is 16.5. The van der Waals surface area contributed by atoms with E-state index in [1.807, 2.05) is 37.3 Å². The third kappa shape index (κ3) is 4.39. The molecule has 0 saturated carbocycles. The van der Waals surface area contributed by atoms with Crippen LogP contribution >= 0.6 is 0 Å². The van der Waals surface area contributed by atoms with Crippen LogP contribution in [0.5, 0.6) is 11.5 Å². The Bertz CT molecular complexity index is 833. The molecule has 0 aromatic heterocycles. The summed E-state index contributed by atoms with van der Waals surface area (Å²) in [6.07, 6.45) is 0.529. The lowest BCUT2D eigenvalue weighted by Crippen LogP contribution is -2.38. The van der Waals surface area contributed by atoms with Crippen molar-refractivity contribution < 1.29 is 19.1 Å². The first-order chi connectivity index (χ1) is 13.0. The Morgan fingerprint density at radius 2 is 1.81 bits per heavy atom. The number of rotatable bonds is 6. The highest BCUT2D eigenvalue weighted by molar-refractivity contribution is 5.97. The van der Waals surface area contributed by atoms with E-state index in [4.69, 9.17) is 9.47 Å². The summed E-state index contributed by atoms with van der Waals surface area (Å²) in [6.45, 7) is 2.49. The molecule has 0 unspecified atom stereocenters. The van der Waals surface area contributed by atoms with Crippen molar-refractivity contribution in [1.82, 2.24) is 5.32 Å². The lowest BCUT2D eigenvalue weighted by Gasteiger charge is -2.17. The Morgan fingerprint density at radius 3 is 2.48 bits per heavy atom. The Kier molecular flexibility index (Phi) is 5.64. The molecule has 142 valence electrons. The molecule has 0 radical (unpaired) electrons. The lowest BCUT2D eigenvalue weighted by molar-refractivity contribution is -0.121. The minimum absolute atomic E-state index is 0.0234. The predicted molar refractivity (Wildman–Crippen MR) is 103 cm³/mol. The number of nitrogens with one attached hydrogen (secondary N) is 1. The molecule has 2 aromatic carbocycles. The molecule has 2 amide bonds. The zero-order chi connectivity index (χ0) is 19.4. The maximum atomic E-state index is 12.4. The third-order valence-corrected chi connectivity index (χ3v) is 4.65. The van der Waals surface area contributed by atoms with E-state index in [1.165, 1.54) is 0 Å². The van der Waals surface area contributed by atoms with Gasteiger partial charge in [-0.3, -0.25) is 9.59 Å². The summed E-state index contributed by atoms with van der Waals surface area (Å²) in [5, 5.41) is 2.96. The highest BCUT2D eigenvalue weighted by Crippen LogP contribution is 2.28. The summed E-state index contributed by atoms with van der Waals surface area (Å²) >= 11 is 0. The van der Waals surface area contributed by atoms with Crippen molar-refractivity contribution in [3.8, 4) is 11.5 Å². The van der Waals surface area contributed by atoms with Gasteiger partial charge in [0.15, 0.2) is 11.5 Å². The van der Waals surface area contributed by atoms with E-state index in [1.54, 1.807) is 31.3 Å². The second kappa shape index (κ2) is 8.12. The molecule has 0 bridgehead atoms. The summed E-state index contributed by atoms with van der Waals surface area (Å²) in [7, 11) is 3.13. The molecule has 3 rings (SSSR count). The number of hydrogen-bond donors (Lipinski definition) is 1. The molecule has 0 aliphatic carbocycles. The number of ether oxygens (including phenoxy) is 2. The van der Waals surface area contributed by atoms with Crippen LogP contribution in [0.3, 0.4) is 0 Å². The van der Waals surface area contributed by atoms with E-state index in [9.17, 15) is 9.59 Å². The largest absolute Gasteiger partial charge is 0.493 e. The lowest BCUT2D eigenvalue weighted by atomic mass is 10.1. The van der Waals surface area contributed by atoms with Crippen LogP contribution in [-0.4, -0.2) is 38.6 Å². The highest BCUT2D eigenvalue weighted by Gasteiger charge is 2.31. The van der Waals surface area contributed by atoms with Gasteiger partial charge in [-0.2, -0.15) is 0 Å². The number of anilines is 1. The van der Waals surface area contributed by atoms with Crippen molar-refractivity contribution in [1.29, 1.82) is 0 Å². The van der Waals surface area contributed by atoms with Gasteiger partial charge in [0.05, 0.1) is 26.7 Å². The van der Waals surface area contributed by atoms with Gasteiger partial charge < -0.3 is 19.7 Å². The van der Waals surface area contributed by atoms with Crippen LogP contribution < -0.4 is 19.7 Å². The minimum atomic E-state index is -0.188. The first kappa shape index (κ1) is 18.8. The van der Waals surface area contributed by atoms with E-state index in [-0.39, 0.29) is 24.3 Å². The average molecular weight is 368 g/mol. The minimum Gasteiger partial charge on any atom is -0.493 e. The SMILES string of the molecule is COc1ccc(CC(=O)N[C@@H]2CC(=O)N(c3ccc(C)cc3)C2)cc1OC. The first-order valence-corrected chi connectivity index (χ1v) is 8.87. The Labute approximate surface area is 159 Å². The average Bonchev–Trinajstić information content (AvgIpc) is 3.02. The van der Waals surface area contributed by atoms with Gasteiger partial charge in [-0.25, -0.2) is 0 Å². The van der Waals surface area contributed by atoms with Crippen LogP contribution in [0.25, 0.3) is 0 Å². The van der Waals surface area contributed by atoms with E-state index in [0.29, 0.717) is 24.5 Å². The standard InChI is InChI=1S/C21H24N2O4/c1-14-4-7-17(8-5-14)23-13-16(12-21(23)25)22-20(24)11-15-6-9-18(26-2)19(10-15)27-3/h4-10,16H,11-13H2,1-3H3,(H,22,24)/t16-/m1/s1. The second-order valence-electron chi connectivity index (χ2n) is 6.67. The molecule has 1 aliphatic rings. The van der Waals surface area contributed by atoms with Gasteiger partial charge in [0.1, 0.15) is 0 Å². The number of benzene rings is 2. The summed E-state index contributed by atoms with van der Waals surface area (Å²) in [5.41, 5.74) is 2.83. The number of amides is 2. The van der Waals surface area contributed by atoms with Crippen molar-refractivity contribution in [2.24, 2.45) is 0 Å². The van der Waals surface area contributed by atoms with E-state index < -0.39 is 0 Å². The zero-order valence-corrected chi connectivity index (χ0v) is 15.8. The summed E-state index contributed by atoms with van der Waals surface area (Å²) in [6, 6.07) is 13.0. The van der Waals surface area contributed by atoms with Crippen LogP contribution in [0.2, 0.25) is 0 Å². The van der Waals surface area contributed by atoms with Gasteiger partial charge in [-0.15, -0.1) is 0 Å².